The van der Waals surface area contributed by atoms with Gasteiger partial charge in [-0.1, -0.05) is 11.6 Å². The third-order valence-electron chi connectivity index (χ3n) is 9.01. The quantitative estimate of drug-likeness (QED) is 0.208. The van der Waals surface area contributed by atoms with Crippen LogP contribution in [0.15, 0.2) is 29.1 Å². The van der Waals surface area contributed by atoms with E-state index in [4.69, 9.17) is 11.6 Å². The number of amidine groups is 1. The van der Waals surface area contributed by atoms with Gasteiger partial charge in [-0.25, -0.2) is 16.8 Å². The first-order valence-corrected chi connectivity index (χ1v) is 21.0. The highest BCUT2D eigenvalue weighted by molar-refractivity contribution is 7.85. The van der Waals surface area contributed by atoms with Crippen LogP contribution in [-0.4, -0.2) is 85.5 Å². The van der Waals surface area contributed by atoms with E-state index in [1.54, 1.807) is 29.5 Å². The van der Waals surface area contributed by atoms with Crippen LogP contribution >= 0.6 is 22.9 Å². The Morgan fingerprint density at radius 1 is 1.02 bits per heavy atom. The number of alkyl halides is 3. The lowest BCUT2D eigenvalue weighted by Gasteiger charge is -2.28. The molecule has 0 atom stereocenters. The second-order valence-electron chi connectivity index (χ2n) is 12.7. The van der Waals surface area contributed by atoms with Crippen LogP contribution in [0.25, 0.3) is 16.4 Å². The highest BCUT2D eigenvalue weighted by atomic mass is 35.5. The van der Waals surface area contributed by atoms with E-state index in [0.717, 1.165) is 23.0 Å². The molecular formula is C32H41ClF3N6O6S3-. The standard InChI is InChI=1S/C23H26ClF3N4O6S3.C9H16N2/c1-4-29-18-11-16(24)15(23(25,26)27)10-17(18)30(6-5-8-39(32,33)34)19(29)12-20-31(7-9-40(35,36)37)21-14(2)13-28(3)22(21)38-20;1-3-7-11-8-4-2-6-10-9(11)5-1/h10-13H,4-9H2,1-3H3,(H-,32,33,34,35,36,37);1-8H2/p-1. The summed E-state index contributed by atoms with van der Waals surface area (Å²) < 4.78 is 113. The minimum atomic E-state index is -4.75. The molecule has 3 aliphatic heterocycles. The van der Waals surface area contributed by atoms with Gasteiger partial charge in [0.15, 0.2) is 11.4 Å². The predicted octanol–water partition coefficient (Wildman–Crippen LogP) is 5.30. The maximum absolute atomic E-state index is 13.7. The number of piperidine rings is 1. The van der Waals surface area contributed by atoms with Crippen molar-refractivity contribution in [3.05, 3.63) is 45.3 Å². The Morgan fingerprint density at radius 2 is 1.69 bits per heavy atom. The van der Waals surface area contributed by atoms with Gasteiger partial charge in [0, 0.05) is 63.7 Å². The molecule has 0 N–H and O–H groups in total. The van der Waals surface area contributed by atoms with Crippen LogP contribution in [0.4, 0.5) is 24.5 Å². The Morgan fingerprint density at radius 3 is 2.33 bits per heavy atom. The van der Waals surface area contributed by atoms with Crippen LogP contribution in [-0.2, 0) is 40.0 Å². The van der Waals surface area contributed by atoms with Crippen LogP contribution in [0.2, 0.25) is 5.02 Å². The summed E-state index contributed by atoms with van der Waals surface area (Å²) in [6, 6.07) is 2.08. The molecular weight excluding hydrogens is 753 g/mol. The molecule has 5 heterocycles. The van der Waals surface area contributed by atoms with Gasteiger partial charge in [0.25, 0.3) is 5.01 Å². The van der Waals surface area contributed by atoms with E-state index in [1.165, 1.54) is 73.3 Å². The Bertz CT molecular complexity index is 2050. The lowest BCUT2D eigenvalue weighted by atomic mass is 10.1. The van der Waals surface area contributed by atoms with Gasteiger partial charge >= 0.3 is 6.18 Å². The first-order valence-electron chi connectivity index (χ1n) is 16.7. The number of hydrogen-bond donors (Lipinski definition) is 0. The summed E-state index contributed by atoms with van der Waals surface area (Å²) >= 11 is 7.31. The van der Waals surface area contributed by atoms with Crippen molar-refractivity contribution >= 4 is 76.8 Å². The predicted molar refractivity (Wildman–Crippen MR) is 191 cm³/mol. The van der Waals surface area contributed by atoms with Crippen molar-refractivity contribution in [3.63, 3.8) is 0 Å². The average molecular weight is 794 g/mol. The number of nitrogens with zero attached hydrogens (tertiary/aromatic N) is 6. The molecule has 51 heavy (non-hydrogen) atoms. The zero-order valence-electron chi connectivity index (χ0n) is 28.6. The minimum absolute atomic E-state index is 0.103. The number of hydrogen-bond acceptors (Lipinski definition) is 11. The molecule has 0 aliphatic carbocycles. The smallest absolute Gasteiger partial charge is 0.417 e. The molecule has 3 aromatic rings. The molecule has 0 spiro atoms. The molecule has 1 fully saturated rings. The largest absolute Gasteiger partial charge is 0.748 e. The van der Waals surface area contributed by atoms with Gasteiger partial charge in [0.1, 0.15) is 15.9 Å². The van der Waals surface area contributed by atoms with Gasteiger partial charge in [-0.2, -0.15) is 17.7 Å². The van der Waals surface area contributed by atoms with E-state index in [0.29, 0.717) is 22.0 Å². The summed E-state index contributed by atoms with van der Waals surface area (Å²) in [5, 5.41) is -0.000895. The zero-order valence-corrected chi connectivity index (χ0v) is 31.8. The molecule has 0 radical (unpaired) electrons. The van der Waals surface area contributed by atoms with Crippen molar-refractivity contribution < 1.29 is 43.7 Å². The van der Waals surface area contributed by atoms with Gasteiger partial charge in [0.05, 0.1) is 49.7 Å². The monoisotopic (exact) mass is 793 g/mol. The maximum atomic E-state index is 13.7. The van der Waals surface area contributed by atoms with Gasteiger partial charge in [-0.05, 0) is 69.4 Å². The van der Waals surface area contributed by atoms with Crippen molar-refractivity contribution in [3.8, 4) is 0 Å². The molecule has 3 aliphatic rings. The fourth-order valence-corrected chi connectivity index (χ4v) is 9.11. The van der Waals surface area contributed by atoms with Crippen LogP contribution in [0.3, 0.4) is 0 Å². The summed E-state index contributed by atoms with van der Waals surface area (Å²) in [5.41, 5.74) is 0.928. The molecule has 282 valence electrons. The Kier molecular flexibility index (Phi) is 12.0. The van der Waals surface area contributed by atoms with Gasteiger partial charge in [-0.15, -0.1) is 0 Å². The second-order valence-corrected chi connectivity index (χ2v) is 17.2. The number of aryl methyl sites for hydroxylation is 3. The van der Waals surface area contributed by atoms with Gasteiger partial charge < -0.3 is 28.4 Å². The summed E-state index contributed by atoms with van der Waals surface area (Å²) in [6.07, 6.45) is 5.18. The van der Waals surface area contributed by atoms with Crippen molar-refractivity contribution in [2.24, 2.45) is 12.0 Å². The van der Waals surface area contributed by atoms with Crippen LogP contribution in [0.5, 0.6) is 0 Å². The Labute approximate surface area is 305 Å². The van der Waals surface area contributed by atoms with Crippen LogP contribution < -0.4 is 14.4 Å². The topological polar surface area (TPSA) is 145 Å². The summed E-state index contributed by atoms with van der Waals surface area (Å²) in [5.74, 6) is 0.371. The summed E-state index contributed by atoms with van der Waals surface area (Å²) in [4.78, 5) is 11.0. The number of fused-ring (bicyclic) bond motifs is 3. The molecule has 6 rings (SSSR count). The minimum Gasteiger partial charge on any atom is -0.748 e. The van der Waals surface area contributed by atoms with Crippen LogP contribution in [0.1, 0.15) is 61.6 Å². The van der Waals surface area contributed by atoms with E-state index in [1.807, 2.05) is 17.7 Å². The molecule has 19 heteroatoms. The fourth-order valence-electron chi connectivity index (χ4n) is 6.73. The maximum Gasteiger partial charge on any atom is 0.417 e. The molecule has 2 aromatic heterocycles. The molecule has 12 nitrogen and oxygen atoms in total. The highest BCUT2D eigenvalue weighted by Gasteiger charge is 2.39. The van der Waals surface area contributed by atoms with Crippen molar-refractivity contribution in [1.82, 2.24) is 9.47 Å². The number of aromatic nitrogens is 2. The Balaban J connectivity index is 0.000000386. The summed E-state index contributed by atoms with van der Waals surface area (Å²) in [7, 11) is -7.33. The Hall–Kier alpha value is -2.90. The number of benzene rings is 1. The summed E-state index contributed by atoms with van der Waals surface area (Å²) in [6.45, 7) is 7.22. The van der Waals surface area contributed by atoms with Crippen molar-refractivity contribution in [2.75, 3.05) is 54.0 Å². The zero-order chi connectivity index (χ0) is 37.3. The number of aliphatic imine (C=N–C) groups is 1. The van der Waals surface area contributed by atoms with Crippen molar-refractivity contribution in [2.45, 2.75) is 65.1 Å². The highest BCUT2D eigenvalue weighted by Crippen LogP contribution is 2.48. The second kappa shape index (κ2) is 15.6. The third-order valence-corrected chi connectivity index (χ3v) is 12.0. The molecule has 0 amide bonds. The van der Waals surface area contributed by atoms with E-state index < -0.39 is 48.5 Å². The first-order chi connectivity index (χ1) is 23.9. The lowest BCUT2D eigenvalue weighted by molar-refractivity contribution is -0.664. The normalized spacial score (nSPS) is 17.7. The van der Waals surface area contributed by atoms with E-state index in [9.17, 15) is 39.1 Å². The number of rotatable bonds is 9. The molecule has 0 bridgehead atoms. The fraction of sp³-hybridized carbons (Fsp3) is 0.562. The third kappa shape index (κ3) is 9.37. The van der Waals surface area contributed by atoms with Gasteiger partial charge in [-0.3, -0.25) is 4.99 Å². The average Bonchev–Trinajstić information content (AvgIpc) is 3.53. The number of thiazole rings is 1. The van der Waals surface area contributed by atoms with Crippen molar-refractivity contribution in [1.29, 1.82) is 0 Å². The molecule has 1 saturated heterocycles. The molecule has 1 aromatic carbocycles. The lowest BCUT2D eigenvalue weighted by Crippen LogP contribution is -2.39. The van der Waals surface area contributed by atoms with E-state index in [-0.39, 0.29) is 31.7 Å². The van der Waals surface area contributed by atoms with E-state index >= 15 is 0 Å². The molecule has 0 unspecified atom stereocenters. The number of anilines is 2. The SMILES string of the molecule is C1CCN2CCCCC2=NC1.CCN1C(=Cc2sc3c(c(C)cn3C)[n+]2CCS(=O)(=O)[O-])N(CCCS(=O)(=O)[O-])c2cc(C(F)(F)F)c(Cl)cc21. The van der Waals surface area contributed by atoms with Crippen LogP contribution in [0, 0.1) is 6.92 Å². The van der Waals surface area contributed by atoms with Gasteiger partial charge in [0.2, 0.25) is 5.52 Å². The van der Waals surface area contributed by atoms with E-state index in [2.05, 4.69) is 9.89 Å². The molecule has 0 saturated carbocycles. The number of halogens is 4. The first kappa shape index (κ1) is 39.3.